The highest BCUT2D eigenvalue weighted by atomic mass is 35.5. The van der Waals surface area contributed by atoms with E-state index in [0.717, 1.165) is 0 Å². The van der Waals surface area contributed by atoms with E-state index in [1.165, 1.54) is 46.3 Å². The van der Waals surface area contributed by atoms with Crippen LogP contribution in [0.25, 0.3) is 0 Å². The first-order chi connectivity index (χ1) is 21.5. The molecule has 228 valence electrons. The molecular formula is C33H27ClF2N6O3. The summed E-state index contributed by atoms with van der Waals surface area (Å²) in [5, 5.41) is 40.0. The number of amides is 1. The summed E-state index contributed by atoms with van der Waals surface area (Å²) in [5.41, 5.74) is 0.732. The molecule has 1 N–H and O–H groups in total. The molecule has 5 rings (SSSR count). The first-order valence-corrected chi connectivity index (χ1v) is 14.7. The Labute approximate surface area is 263 Å². The molecule has 12 heteroatoms. The van der Waals surface area contributed by atoms with Crippen LogP contribution in [0.4, 0.5) is 20.3 Å². The Morgan fingerprint density at radius 3 is 2.31 bits per heavy atom. The highest BCUT2D eigenvalue weighted by Crippen LogP contribution is 2.45. The molecule has 2 fully saturated rings. The number of rotatable bonds is 9. The van der Waals surface area contributed by atoms with Crippen molar-refractivity contribution >= 4 is 34.8 Å². The Bertz CT molecular complexity index is 1720. The van der Waals surface area contributed by atoms with Crippen LogP contribution in [0.1, 0.15) is 66.8 Å². The van der Waals surface area contributed by atoms with Crippen LogP contribution >= 0.6 is 11.6 Å². The van der Waals surface area contributed by atoms with Gasteiger partial charge in [0.25, 0.3) is 5.91 Å². The van der Waals surface area contributed by atoms with Gasteiger partial charge in [-0.3, -0.25) is 14.5 Å². The lowest BCUT2D eigenvalue weighted by Crippen LogP contribution is -2.51. The van der Waals surface area contributed by atoms with Gasteiger partial charge >= 0.3 is 0 Å². The van der Waals surface area contributed by atoms with Gasteiger partial charge in [-0.05, 0) is 61.6 Å². The van der Waals surface area contributed by atoms with E-state index in [4.69, 9.17) is 11.6 Å². The van der Waals surface area contributed by atoms with E-state index >= 15 is 0 Å². The van der Waals surface area contributed by atoms with Gasteiger partial charge in [-0.2, -0.15) is 15.8 Å². The Hall–Kier alpha value is -4.89. The summed E-state index contributed by atoms with van der Waals surface area (Å²) in [6, 6.07) is 17.0. The summed E-state index contributed by atoms with van der Waals surface area (Å²) in [5.74, 6) is -4.06. The van der Waals surface area contributed by atoms with Gasteiger partial charge in [0.1, 0.15) is 24.1 Å². The fourth-order valence-corrected chi connectivity index (χ4v) is 6.28. The second-order valence-electron chi connectivity index (χ2n) is 11.3. The maximum Gasteiger partial charge on any atom is 0.250 e. The number of aromatic nitrogens is 1. The number of carbonyl (C=O) groups excluding carboxylic acids is 2. The summed E-state index contributed by atoms with van der Waals surface area (Å²) in [7, 11) is 0. The van der Waals surface area contributed by atoms with E-state index in [1.54, 1.807) is 24.3 Å². The highest BCUT2D eigenvalue weighted by Gasteiger charge is 2.47. The number of hydrogen-bond donors (Lipinski definition) is 1. The van der Waals surface area contributed by atoms with Crippen molar-refractivity contribution in [2.24, 2.45) is 5.92 Å². The molecule has 3 atom stereocenters. The van der Waals surface area contributed by atoms with Gasteiger partial charge in [0.15, 0.2) is 5.78 Å². The van der Waals surface area contributed by atoms with Crippen LogP contribution in [-0.4, -0.2) is 40.0 Å². The quantitative estimate of drug-likeness (QED) is 0.313. The van der Waals surface area contributed by atoms with Crippen molar-refractivity contribution in [1.29, 1.82) is 15.8 Å². The molecule has 1 amide bonds. The van der Waals surface area contributed by atoms with Gasteiger partial charge in [0.2, 0.25) is 5.92 Å². The molecule has 3 aromatic rings. The lowest BCUT2D eigenvalue weighted by Gasteiger charge is -2.38. The Kier molecular flexibility index (Phi) is 9.11. The summed E-state index contributed by atoms with van der Waals surface area (Å²) in [6.07, 6.45) is -0.0303. The molecule has 1 saturated carbocycles. The number of pyridine rings is 1. The topological polar surface area (TPSA) is 145 Å². The van der Waals surface area contributed by atoms with Crippen LogP contribution in [0.5, 0.6) is 0 Å². The number of alkyl halides is 2. The molecule has 1 aliphatic heterocycles. The van der Waals surface area contributed by atoms with E-state index in [2.05, 4.69) is 4.98 Å². The number of aliphatic hydroxyl groups is 1. The second-order valence-corrected chi connectivity index (χ2v) is 11.7. The third kappa shape index (κ3) is 6.63. The van der Waals surface area contributed by atoms with Crippen molar-refractivity contribution in [3.05, 3.63) is 88.1 Å². The van der Waals surface area contributed by atoms with E-state index in [9.17, 15) is 39.3 Å². The molecule has 1 aromatic heterocycles. The van der Waals surface area contributed by atoms with Gasteiger partial charge in [-0.1, -0.05) is 29.8 Å². The molecule has 2 aromatic carbocycles. The Morgan fingerprint density at radius 2 is 1.69 bits per heavy atom. The largest absolute Gasteiger partial charge is 0.374 e. The standard InChI is InChI=1S/C33H27ClF2N6O3/c34-26-4-2-1-3-25(26)31(28(43)7-5-21-15-33(35,36)16-21)41(24-12-22(18-38)11-23(13-24)19-39)32(45)27-6-8-30(44)42(27)29-14-20(17-37)9-10-40-29/h1-4,9-14,21,27,30-31,44H,5-8,15-16H2/t27-,30?,31?/m0/s1. The number of benzene rings is 2. The molecule has 0 bridgehead atoms. The van der Waals surface area contributed by atoms with Crippen molar-refractivity contribution in [1.82, 2.24) is 4.98 Å². The number of anilines is 2. The number of carbonyl (C=O) groups is 2. The molecule has 45 heavy (non-hydrogen) atoms. The van der Waals surface area contributed by atoms with Crippen LogP contribution < -0.4 is 9.80 Å². The second kappa shape index (κ2) is 13.0. The average molecular weight is 629 g/mol. The molecule has 1 aliphatic carbocycles. The van der Waals surface area contributed by atoms with Crippen molar-refractivity contribution in [2.75, 3.05) is 9.80 Å². The van der Waals surface area contributed by atoms with Crippen molar-refractivity contribution in [3.63, 3.8) is 0 Å². The summed E-state index contributed by atoms with van der Waals surface area (Å²) >= 11 is 6.61. The van der Waals surface area contributed by atoms with Gasteiger partial charge < -0.3 is 10.0 Å². The monoisotopic (exact) mass is 628 g/mol. The first-order valence-electron chi connectivity index (χ1n) is 14.3. The number of nitrogens with zero attached hydrogens (tertiary/aromatic N) is 6. The van der Waals surface area contributed by atoms with Crippen LogP contribution in [-0.2, 0) is 9.59 Å². The molecular weight excluding hydrogens is 602 g/mol. The number of aliphatic hydroxyl groups excluding tert-OH is 1. The lowest BCUT2D eigenvalue weighted by molar-refractivity contribution is -0.128. The zero-order chi connectivity index (χ0) is 32.3. The maximum atomic E-state index is 14.8. The highest BCUT2D eigenvalue weighted by molar-refractivity contribution is 6.31. The lowest BCUT2D eigenvalue weighted by atomic mass is 9.77. The fourth-order valence-electron chi connectivity index (χ4n) is 6.05. The zero-order valence-electron chi connectivity index (χ0n) is 23.9. The molecule has 2 heterocycles. The zero-order valence-corrected chi connectivity index (χ0v) is 24.7. The number of ketones is 1. The van der Waals surface area contributed by atoms with Gasteiger partial charge in [0, 0.05) is 41.7 Å². The first kappa shape index (κ1) is 31.5. The van der Waals surface area contributed by atoms with E-state index in [0.29, 0.717) is 0 Å². The minimum Gasteiger partial charge on any atom is -0.374 e. The van der Waals surface area contributed by atoms with Crippen LogP contribution in [0.15, 0.2) is 60.8 Å². The molecule has 2 unspecified atom stereocenters. The predicted molar refractivity (Wildman–Crippen MR) is 160 cm³/mol. The molecule has 2 aliphatic rings. The Balaban J connectivity index is 1.63. The number of halogens is 3. The number of Topliss-reactive ketones (excluding diaryl/α,β-unsaturated/α-hetero) is 1. The minimum absolute atomic E-state index is 0.0654. The number of hydrogen-bond acceptors (Lipinski definition) is 8. The SMILES string of the molecule is N#Cc1cc(C#N)cc(N(C(=O)[C@@H]2CCC(O)N2c2cc(C#N)ccn2)C(C(=O)CCC2CC(F)(F)C2)c2ccccc2Cl)c1. The summed E-state index contributed by atoms with van der Waals surface area (Å²) < 4.78 is 27.1. The van der Waals surface area contributed by atoms with Gasteiger partial charge in [-0.15, -0.1) is 0 Å². The third-order valence-corrected chi connectivity index (χ3v) is 8.55. The van der Waals surface area contributed by atoms with Crippen LogP contribution in [0.3, 0.4) is 0 Å². The van der Waals surface area contributed by atoms with Gasteiger partial charge in [0.05, 0.1) is 34.9 Å². The number of nitriles is 3. The predicted octanol–water partition coefficient (Wildman–Crippen LogP) is 5.81. The van der Waals surface area contributed by atoms with E-state index < -0.39 is 35.9 Å². The molecule has 9 nitrogen and oxygen atoms in total. The summed E-state index contributed by atoms with van der Waals surface area (Å²) in [4.78, 5) is 35.8. The van der Waals surface area contributed by atoms with Gasteiger partial charge in [-0.25, -0.2) is 13.8 Å². The summed E-state index contributed by atoms with van der Waals surface area (Å²) in [6.45, 7) is 0. The Morgan fingerprint density at radius 1 is 1.02 bits per heavy atom. The van der Waals surface area contributed by atoms with Crippen LogP contribution in [0, 0.1) is 39.9 Å². The van der Waals surface area contributed by atoms with E-state index in [1.807, 2.05) is 18.2 Å². The average Bonchev–Trinajstić information content (AvgIpc) is 3.42. The smallest absolute Gasteiger partial charge is 0.250 e. The van der Waals surface area contributed by atoms with Crippen molar-refractivity contribution in [3.8, 4) is 18.2 Å². The molecule has 0 spiro atoms. The van der Waals surface area contributed by atoms with Crippen molar-refractivity contribution < 1.29 is 23.5 Å². The molecule has 0 radical (unpaired) electrons. The molecule has 1 saturated heterocycles. The maximum absolute atomic E-state index is 14.8. The minimum atomic E-state index is -2.76. The van der Waals surface area contributed by atoms with E-state index in [-0.39, 0.29) is 83.2 Å². The fraction of sp³-hybridized carbons (Fsp3) is 0.333. The van der Waals surface area contributed by atoms with Crippen molar-refractivity contribution in [2.45, 2.75) is 62.8 Å². The normalized spacial score (nSPS) is 19.4. The third-order valence-electron chi connectivity index (χ3n) is 8.21. The van der Waals surface area contributed by atoms with Crippen LogP contribution in [0.2, 0.25) is 5.02 Å².